The van der Waals surface area contributed by atoms with E-state index in [1.807, 2.05) is 6.07 Å². The Morgan fingerprint density at radius 2 is 1.90 bits per heavy atom. The smallest absolute Gasteiger partial charge is 0.387 e. The predicted molar refractivity (Wildman–Crippen MR) is 71.2 cm³/mol. The van der Waals surface area contributed by atoms with E-state index < -0.39 is 6.61 Å². The van der Waals surface area contributed by atoms with Gasteiger partial charge in [-0.15, -0.1) is 0 Å². The van der Waals surface area contributed by atoms with E-state index in [-0.39, 0.29) is 5.75 Å². The van der Waals surface area contributed by atoms with Gasteiger partial charge in [0.2, 0.25) is 5.88 Å². The van der Waals surface area contributed by atoms with Crippen molar-refractivity contribution >= 4 is 5.69 Å². The fraction of sp³-hybridized carbons (Fsp3) is 0.214. The van der Waals surface area contributed by atoms with Crippen LogP contribution in [-0.4, -0.2) is 18.7 Å². The molecule has 0 atom stereocenters. The fourth-order valence-electron chi connectivity index (χ4n) is 1.59. The molecule has 0 fully saturated rings. The van der Waals surface area contributed by atoms with E-state index in [0.717, 1.165) is 11.3 Å². The maximum Gasteiger partial charge on any atom is 0.387 e. The summed E-state index contributed by atoms with van der Waals surface area (Å²) in [6.45, 7) is -2.23. The Bertz CT molecular complexity index is 530. The lowest BCUT2D eigenvalue weighted by molar-refractivity contribution is -0.0498. The number of halogens is 2. The topological polar surface area (TPSA) is 43.4 Å². The van der Waals surface area contributed by atoms with Crippen molar-refractivity contribution in [2.75, 3.05) is 12.4 Å². The van der Waals surface area contributed by atoms with Crippen LogP contribution in [0.4, 0.5) is 14.5 Å². The quantitative estimate of drug-likeness (QED) is 0.881. The predicted octanol–water partition coefficient (Wildman–Crippen LogP) is 3.30. The highest BCUT2D eigenvalue weighted by Gasteiger charge is 2.03. The SMILES string of the molecule is COc1ccc(CNc2ccc(OC(F)F)cc2)cn1. The molecule has 0 aliphatic rings. The molecular weight excluding hydrogens is 266 g/mol. The van der Waals surface area contributed by atoms with E-state index in [2.05, 4.69) is 15.0 Å². The Balaban J connectivity index is 1.89. The van der Waals surface area contributed by atoms with Crippen LogP contribution < -0.4 is 14.8 Å². The molecule has 1 heterocycles. The van der Waals surface area contributed by atoms with Gasteiger partial charge in [0.15, 0.2) is 0 Å². The third-order valence-corrected chi connectivity index (χ3v) is 2.58. The van der Waals surface area contributed by atoms with E-state index in [9.17, 15) is 8.78 Å². The Labute approximate surface area is 115 Å². The third-order valence-electron chi connectivity index (χ3n) is 2.58. The summed E-state index contributed by atoms with van der Waals surface area (Å²) in [6, 6.07) is 9.99. The largest absolute Gasteiger partial charge is 0.481 e. The maximum atomic E-state index is 12.0. The lowest BCUT2D eigenvalue weighted by Crippen LogP contribution is -2.03. The van der Waals surface area contributed by atoms with Crippen molar-refractivity contribution in [3.8, 4) is 11.6 Å². The van der Waals surface area contributed by atoms with E-state index >= 15 is 0 Å². The van der Waals surface area contributed by atoms with Gasteiger partial charge in [-0.2, -0.15) is 8.78 Å². The summed E-state index contributed by atoms with van der Waals surface area (Å²) < 4.78 is 33.2. The number of rotatable bonds is 6. The van der Waals surface area contributed by atoms with E-state index in [1.54, 1.807) is 31.5 Å². The highest BCUT2D eigenvalue weighted by molar-refractivity contribution is 5.46. The summed E-state index contributed by atoms with van der Waals surface area (Å²) in [5, 5.41) is 3.16. The second kappa shape index (κ2) is 6.70. The Hall–Kier alpha value is -2.37. The van der Waals surface area contributed by atoms with Gasteiger partial charge in [0.05, 0.1) is 7.11 Å². The van der Waals surface area contributed by atoms with Crippen LogP contribution in [0.2, 0.25) is 0 Å². The van der Waals surface area contributed by atoms with E-state index in [1.165, 1.54) is 12.1 Å². The van der Waals surface area contributed by atoms with Gasteiger partial charge >= 0.3 is 6.61 Å². The number of nitrogens with one attached hydrogen (secondary N) is 1. The first-order valence-corrected chi connectivity index (χ1v) is 5.95. The van der Waals surface area contributed by atoms with Crippen molar-refractivity contribution in [3.63, 3.8) is 0 Å². The molecule has 0 saturated carbocycles. The first-order chi connectivity index (χ1) is 9.67. The molecular formula is C14H14F2N2O2. The fourth-order valence-corrected chi connectivity index (χ4v) is 1.59. The lowest BCUT2D eigenvalue weighted by atomic mass is 10.2. The Morgan fingerprint density at radius 1 is 1.15 bits per heavy atom. The molecule has 20 heavy (non-hydrogen) atoms. The van der Waals surface area contributed by atoms with Gasteiger partial charge in [-0.25, -0.2) is 4.98 Å². The molecule has 0 spiro atoms. The van der Waals surface area contributed by atoms with Gasteiger partial charge < -0.3 is 14.8 Å². The summed E-state index contributed by atoms with van der Waals surface area (Å²) in [4.78, 5) is 4.09. The van der Waals surface area contributed by atoms with Crippen LogP contribution in [0.3, 0.4) is 0 Å². The molecule has 0 aliphatic carbocycles. The molecule has 1 aromatic heterocycles. The first kappa shape index (κ1) is 14.0. The minimum atomic E-state index is -2.81. The van der Waals surface area contributed by atoms with Crippen LogP contribution >= 0.6 is 0 Å². The van der Waals surface area contributed by atoms with Crippen molar-refractivity contribution < 1.29 is 18.3 Å². The van der Waals surface area contributed by atoms with Crippen molar-refractivity contribution in [1.29, 1.82) is 0 Å². The number of hydrogen-bond acceptors (Lipinski definition) is 4. The minimum absolute atomic E-state index is 0.136. The van der Waals surface area contributed by atoms with Crippen molar-refractivity contribution in [3.05, 3.63) is 48.2 Å². The number of ether oxygens (including phenoxy) is 2. The minimum Gasteiger partial charge on any atom is -0.481 e. The second-order valence-corrected chi connectivity index (χ2v) is 3.97. The van der Waals surface area contributed by atoms with Gasteiger partial charge in [0, 0.05) is 24.5 Å². The first-order valence-electron chi connectivity index (χ1n) is 5.95. The number of methoxy groups -OCH3 is 1. The van der Waals surface area contributed by atoms with Gasteiger partial charge in [-0.3, -0.25) is 0 Å². The van der Waals surface area contributed by atoms with Crippen LogP contribution in [0, 0.1) is 0 Å². The number of nitrogens with zero attached hydrogens (tertiary/aromatic N) is 1. The highest BCUT2D eigenvalue weighted by atomic mass is 19.3. The number of benzene rings is 1. The van der Waals surface area contributed by atoms with E-state index in [4.69, 9.17) is 4.74 Å². The Kier molecular flexibility index (Phi) is 4.70. The number of pyridine rings is 1. The number of hydrogen-bond donors (Lipinski definition) is 1. The molecule has 0 radical (unpaired) electrons. The maximum absolute atomic E-state index is 12.0. The molecule has 2 rings (SSSR count). The number of anilines is 1. The normalized spacial score (nSPS) is 10.4. The van der Waals surface area contributed by atoms with Crippen molar-refractivity contribution in [2.24, 2.45) is 0 Å². The third kappa shape index (κ3) is 4.08. The lowest BCUT2D eigenvalue weighted by Gasteiger charge is -2.08. The molecule has 0 unspecified atom stereocenters. The molecule has 1 N–H and O–H groups in total. The van der Waals surface area contributed by atoms with Gasteiger partial charge in [0.25, 0.3) is 0 Å². The van der Waals surface area contributed by atoms with Gasteiger partial charge in [0.1, 0.15) is 5.75 Å². The summed E-state index contributed by atoms with van der Waals surface area (Å²) in [7, 11) is 1.56. The molecule has 2 aromatic rings. The monoisotopic (exact) mass is 280 g/mol. The molecule has 0 bridgehead atoms. The second-order valence-electron chi connectivity index (χ2n) is 3.97. The molecule has 0 aliphatic heterocycles. The number of alkyl halides is 2. The van der Waals surface area contributed by atoms with Gasteiger partial charge in [-0.1, -0.05) is 6.07 Å². The van der Waals surface area contributed by atoms with Crippen molar-refractivity contribution in [2.45, 2.75) is 13.2 Å². The van der Waals surface area contributed by atoms with Crippen molar-refractivity contribution in [1.82, 2.24) is 4.98 Å². The molecule has 4 nitrogen and oxygen atoms in total. The highest BCUT2D eigenvalue weighted by Crippen LogP contribution is 2.18. The van der Waals surface area contributed by atoms with Crippen LogP contribution in [0.1, 0.15) is 5.56 Å². The van der Waals surface area contributed by atoms with Crippen LogP contribution in [0.25, 0.3) is 0 Å². The molecule has 106 valence electrons. The number of aromatic nitrogens is 1. The summed E-state index contributed by atoms with van der Waals surface area (Å²) >= 11 is 0. The standard InChI is InChI=1S/C14H14F2N2O2/c1-19-13-7-2-10(9-18-13)8-17-11-3-5-12(6-4-11)20-14(15)16/h2-7,9,14,17H,8H2,1H3. The Morgan fingerprint density at radius 3 is 2.45 bits per heavy atom. The zero-order chi connectivity index (χ0) is 14.4. The summed E-state index contributed by atoms with van der Waals surface area (Å²) in [5.74, 6) is 0.693. The molecule has 6 heteroatoms. The average Bonchev–Trinajstić information content (AvgIpc) is 2.46. The zero-order valence-corrected chi connectivity index (χ0v) is 10.8. The molecule has 1 aromatic carbocycles. The summed E-state index contributed by atoms with van der Waals surface area (Å²) in [5.41, 5.74) is 1.79. The van der Waals surface area contributed by atoms with Crippen LogP contribution in [0.15, 0.2) is 42.6 Å². The molecule has 0 amide bonds. The zero-order valence-electron chi connectivity index (χ0n) is 10.8. The van der Waals surface area contributed by atoms with Gasteiger partial charge in [-0.05, 0) is 29.8 Å². The van der Waals surface area contributed by atoms with Crippen LogP contribution in [0.5, 0.6) is 11.6 Å². The van der Waals surface area contributed by atoms with E-state index in [0.29, 0.717) is 12.4 Å². The molecule has 0 saturated heterocycles. The average molecular weight is 280 g/mol. The summed E-state index contributed by atoms with van der Waals surface area (Å²) in [6.07, 6.45) is 1.71. The van der Waals surface area contributed by atoms with Crippen LogP contribution in [-0.2, 0) is 6.54 Å².